The number of amidine groups is 1. The summed E-state index contributed by atoms with van der Waals surface area (Å²) in [6.07, 6.45) is 7.69. The highest BCUT2D eigenvalue weighted by molar-refractivity contribution is 5.97. The van der Waals surface area contributed by atoms with Crippen LogP contribution in [-0.4, -0.2) is 63.4 Å². The van der Waals surface area contributed by atoms with E-state index in [9.17, 15) is 4.79 Å². The van der Waals surface area contributed by atoms with Gasteiger partial charge in [-0.05, 0) is 49.4 Å². The number of likely N-dealkylation sites (tertiary alicyclic amines) is 1. The molecular weight excluding hydrogens is 378 g/mol. The molecule has 0 spiro atoms. The van der Waals surface area contributed by atoms with Gasteiger partial charge in [0.25, 0.3) is 0 Å². The third-order valence-electron chi connectivity index (χ3n) is 6.49. The molecule has 1 amide bonds. The van der Waals surface area contributed by atoms with Gasteiger partial charge in [-0.25, -0.2) is 4.98 Å². The zero-order chi connectivity index (χ0) is 20.8. The number of hydrogen-bond acceptors (Lipinski definition) is 5. The highest BCUT2D eigenvalue weighted by atomic mass is 16.2. The van der Waals surface area contributed by atoms with E-state index in [1.807, 2.05) is 30.1 Å². The van der Waals surface area contributed by atoms with Gasteiger partial charge >= 0.3 is 0 Å². The van der Waals surface area contributed by atoms with E-state index in [0.717, 1.165) is 42.5 Å². The summed E-state index contributed by atoms with van der Waals surface area (Å²) in [4.78, 5) is 21.0. The molecule has 0 radical (unpaired) electrons. The third kappa shape index (κ3) is 3.11. The van der Waals surface area contributed by atoms with E-state index >= 15 is 0 Å². The van der Waals surface area contributed by atoms with Crippen LogP contribution in [0.15, 0.2) is 30.6 Å². The molecule has 1 saturated carbocycles. The van der Waals surface area contributed by atoms with E-state index in [1.165, 1.54) is 0 Å². The van der Waals surface area contributed by atoms with Crippen molar-refractivity contribution in [1.82, 2.24) is 19.5 Å². The lowest BCUT2D eigenvalue weighted by molar-refractivity contribution is -0.137. The molecule has 30 heavy (non-hydrogen) atoms. The van der Waals surface area contributed by atoms with Crippen molar-refractivity contribution in [3.63, 3.8) is 0 Å². The van der Waals surface area contributed by atoms with Gasteiger partial charge in [0.2, 0.25) is 5.91 Å². The minimum Gasteiger partial charge on any atom is -0.351 e. The van der Waals surface area contributed by atoms with Crippen molar-refractivity contribution in [3.8, 4) is 17.2 Å². The van der Waals surface area contributed by atoms with E-state index < -0.39 is 0 Å². The fourth-order valence-corrected chi connectivity index (χ4v) is 4.81. The van der Waals surface area contributed by atoms with Gasteiger partial charge in [0.05, 0.1) is 0 Å². The highest BCUT2D eigenvalue weighted by Crippen LogP contribution is 2.38. The molecule has 2 aliphatic heterocycles. The maximum absolute atomic E-state index is 12.7. The van der Waals surface area contributed by atoms with Crippen LogP contribution in [0.1, 0.15) is 37.1 Å². The molecule has 2 bridgehead atoms. The summed E-state index contributed by atoms with van der Waals surface area (Å²) in [6, 6.07) is 8.10. The summed E-state index contributed by atoms with van der Waals surface area (Å²) in [7, 11) is 1.82. The van der Waals surface area contributed by atoms with E-state index in [1.54, 1.807) is 12.3 Å². The molecule has 3 aliphatic rings. The van der Waals surface area contributed by atoms with Gasteiger partial charge in [0.15, 0.2) is 0 Å². The fraction of sp³-hybridized carbons (Fsp3) is 0.455. The zero-order valence-electron chi connectivity index (χ0n) is 17.0. The Hall–Kier alpha value is -3.34. The van der Waals surface area contributed by atoms with Crippen LogP contribution in [-0.2, 0) is 4.79 Å². The standard InChI is InChI=1S/C22H25N7O/c1-25-28-11-16(15-6-7-26-17(8-15)10-23)9-20(28)21(24)27-12-18-4-5-19(13-27)29(18)22(30)14-2-3-14/h6-9,11,14,18-19,24-25H,2-5,12-13H2,1H3. The molecule has 2 atom stereocenters. The van der Waals surface area contributed by atoms with Crippen LogP contribution >= 0.6 is 0 Å². The maximum atomic E-state index is 12.7. The van der Waals surface area contributed by atoms with Crippen molar-refractivity contribution in [2.45, 2.75) is 37.8 Å². The first-order valence-electron chi connectivity index (χ1n) is 10.5. The summed E-state index contributed by atoms with van der Waals surface area (Å²) in [5.74, 6) is 1.04. The van der Waals surface area contributed by atoms with Crippen molar-refractivity contribution in [2.75, 3.05) is 25.6 Å². The van der Waals surface area contributed by atoms with Gasteiger partial charge in [-0.1, -0.05) is 0 Å². The highest BCUT2D eigenvalue weighted by Gasteiger charge is 2.47. The van der Waals surface area contributed by atoms with Gasteiger partial charge in [-0.3, -0.25) is 14.9 Å². The predicted octanol–water partition coefficient (Wildman–Crippen LogP) is 2.01. The number of nitrogens with zero attached hydrogens (tertiary/aromatic N) is 5. The second-order valence-corrected chi connectivity index (χ2v) is 8.41. The summed E-state index contributed by atoms with van der Waals surface area (Å²) in [6.45, 7) is 1.43. The Morgan fingerprint density at radius 3 is 2.57 bits per heavy atom. The van der Waals surface area contributed by atoms with Crippen LogP contribution in [0.3, 0.4) is 0 Å². The van der Waals surface area contributed by atoms with E-state index in [4.69, 9.17) is 10.7 Å². The van der Waals surface area contributed by atoms with E-state index in [2.05, 4.69) is 26.3 Å². The number of rotatable bonds is 4. The normalized spacial score (nSPS) is 22.7. The lowest BCUT2D eigenvalue weighted by Gasteiger charge is -2.42. The molecule has 2 unspecified atom stereocenters. The fourth-order valence-electron chi connectivity index (χ4n) is 4.81. The Labute approximate surface area is 175 Å². The van der Waals surface area contributed by atoms with E-state index in [0.29, 0.717) is 30.5 Å². The van der Waals surface area contributed by atoms with Crippen LogP contribution in [0.4, 0.5) is 0 Å². The number of fused-ring (bicyclic) bond motifs is 2. The molecule has 5 rings (SSSR count). The minimum absolute atomic E-state index is 0.216. The van der Waals surface area contributed by atoms with Gasteiger partial charge in [-0.2, -0.15) is 5.26 Å². The number of pyridine rings is 1. The molecular formula is C22H25N7O. The molecule has 8 nitrogen and oxygen atoms in total. The van der Waals surface area contributed by atoms with Crippen molar-refractivity contribution >= 4 is 11.7 Å². The van der Waals surface area contributed by atoms with Gasteiger partial charge in [0, 0.05) is 56.1 Å². The Morgan fingerprint density at radius 2 is 1.93 bits per heavy atom. The molecule has 2 aromatic rings. The van der Waals surface area contributed by atoms with Gasteiger partial charge in [-0.15, -0.1) is 0 Å². The van der Waals surface area contributed by atoms with E-state index in [-0.39, 0.29) is 18.0 Å². The summed E-state index contributed by atoms with van der Waals surface area (Å²) in [5, 5.41) is 18.0. The van der Waals surface area contributed by atoms with Crippen molar-refractivity contribution in [3.05, 3.63) is 42.0 Å². The number of amides is 1. The van der Waals surface area contributed by atoms with Crippen LogP contribution in [0.25, 0.3) is 11.1 Å². The molecule has 2 N–H and O–H groups in total. The summed E-state index contributed by atoms with van der Waals surface area (Å²) >= 11 is 0. The molecule has 0 aromatic carbocycles. The van der Waals surface area contributed by atoms with Crippen molar-refractivity contribution in [2.24, 2.45) is 5.92 Å². The Kier molecular flexibility index (Phi) is 4.46. The number of aromatic nitrogens is 2. The van der Waals surface area contributed by atoms with Crippen LogP contribution < -0.4 is 5.43 Å². The summed E-state index contributed by atoms with van der Waals surface area (Å²) < 4.78 is 1.84. The monoisotopic (exact) mass is 403 g/mol. The predicted molar refractivity (Wildman–Crippen MR) is 112 cm³/mol. The number of nitrogens with one attached hydrogen (secondary N) is 2. The average Bonchev–Trinajstić information content (AvgIpc) is 3.48. The number of piperazine rings is 1. The number of carbonyl (C=O) groups excluding carboxylic acids is 1. The zero-order valence-corrected chi connectivity index (χ0v) is 17.0. The second kappa shape index (κ2) is 7.17. The SMILES string of the molecule is CNn1cc(-c2ccnc(C#N)c2)cc1C(=N)N1CC2CCC(C1)N2C(=O)C1CC1. The summed E-state index contributed by atoms with van der Waals surface area (Å²) in [5.41, 5.74) is 6.08. The first kappa shape index (κ1) is 18.7. The lowest BCUT2D eigenvalue weighted by Crippen LogP contribution is -2.57. The molecule has 4 heterocycles. The average molecular weight is 403 g/mol. The van der Waals surface area contributed by atoms with Gasteiger partial charge in [0.1, 0.15) is 23.3 Å². The maximum Gasteiger partial charge on any atom is 0.226 e. The molecule has 154 valence electrons. The topological polar surface area (TPSA) is 101 Å². The first-order chi connectivity index (χ1) is 14.6. The largest absolute Gasteiger partial charge is 0.351 e. The van der Waals surface area contributed by atoms with Crippen molar-refractivity contribution < 1.29 is 4.79 Å². The quantitative estimate of drug-likeness (QED) is 0.601. The molecule has 8 heteroatoms. The van der Waals surface area contributed by atoms with Crippen LogP contribution in [0.5, 0.6) is 0 Å². The Balaban J connectivity index is 1.38. The Morgan fingerprint density at radius 1 is 1.20 bits per heavy atom. The van der Waals surface area contributed by atoms with Crippen molar-refractivity contribution in [1.29, 1.82) is 10.7 Å². The first-order valence-corrected chi connectivity index (χ1v) is 10.5. The third-order valence-corrected chi connectivity index (χ3v) is 6.49. The Bertz CT molecular complexity index is 1030. The molecule has 1 aliphatic carbocycles. The molecule has 2 aromatic heterocycles. The number of hydrogen-bond donors (Lipinski definition) is 2. The molecule has 2 saturated heterocycles. The number of nitriles is 1. The van der Waals surface area contributed by atoms with Crippen LogP contribution in [0, 0.1) is 22.7 Å². The minimum atomic E-state index is 0.216. The van der Waals surface area contributed by atoms with Crippen LogP contribution in [0.2, 0.25) is 0 Å². The lowest BCUT2D eigenvalue weighted by atomic mass is 10.1. The molecule has 3 fully saturated rings. The smallest absolute Gasteiger partial charge is 0.226 e. The number of carbonyl (C=O) groups is 1. The van der Waals surface area contributed by atoms with Gasteiger partial charge < -0.3 is 15.2 Å². The second-order valence-electron chi connectivity index (χ2n) is 8.41.